The smallest absolute Gasteiger partial charge is 0.309 e. The summed E-state index contributed by atoms with van der Waals surface area (Å²) in [7, 11) is -3.23. The van der Waals surface area contributed by atoms with Crippen molar-refractivity contribution in [1.82, 2.24) is 9.55 Å². The van der Waals surface area contributed by atoms with Crippen LogP contribution in [-0.2, 0) is 20.2 Å². The average Bonchev–Trinajstić information content (AvgIpc) is 2.33. The molecule has 1 rings (SSSR count). The van der Waals surface area contributed by atoms with Crippen LogP contribution in [-0.4, -0.2) is 28.9 Å². The highest BCUT2D eigenvalue weighted by Gasteiger charge is 2.23. The molecule has 0 bridgehead atoms. The predicted octanol–water partition coefficient (Wildman–Crippen LogP) is 1.46. The van der Waals surface area contributed by atoms with E-state index in [-0.39, 0.29) is 30.9 Å². The summed E-state index contributed by atoms with van der Waals surface area (Å²) in [5.41, 5.74) is -1.27. The molecule has 0 fully saturated rings. The van der Waals surface area contributed by atoms with Gasteiger partial charge in [-0.15, -0.1) is 0 Å². The Balaban J connectivity index is 2.86. The van der Waals surface area contributed by atoms with Gasteiger partial charge in [0.05, 0.1) is 19.4 Å². The minimum atomic E-state index is -3.23. The molecule has 1 heterocycles. The van der Waals surface area contributed by atoms with Gasteiger partial charge in [0.1, 0.15) is 5.02 Å². The van der Waals surface area contributed by atoms with E-state index in [9.17, 15) is 14.2 Å². The minimum absolute atomic E-state index is 0.0248. The summed E-state index contributed by atoms with van der Waals surface area (Å²) >= 11 is 5.62. The largest absolute Gasteiger partial charge is 0.332 e. The Morgan fingerprint density at radius 2 is 1.89 bits per heavy atom. The molecule has 0 radical (unpaired) electrons. The van der Waals surface area contributed by atoms with Crippen molar-refractivity contribution in [2.45, 2.75) is 20.4 Å². The summed E-state index contributed by atoms with van der Waals surface area (Å²) < 4.78 is 23.5. The summed E-state index contributed by atoms with van der Waals surface area (Å²) in [5.74, 6) is 0. The Bertz CT molecular complexity index is 572. The molecule has 1 N–H and O–H groups in total. The molecule has 19 heavy (non-hydrogen) atoms. The van der Waals surface area contributed by atoms with Gasteiger partial charge in [0.2, 0.25) is 0 Å². The lowest BCUT2D eigenvalue weighted by molar-refractivity contribution is 0.219. The molecule has 1 aromatic rings. The highest BCUT2D eigenvalue weighted by atomic mass is 35.5. The van der Waals surface area contributed by atoms with Crippen molar-refractivity contribution in [2.24, 2.45) is 0 Å². The van der Waals surface area contributed by atoms with Crippen molar-refractivity contribution >= 4 is 19.2 Å². The minimum Gasteiger partial charge on any atom is -0.309 e. The molecule has 7 nitrogen and oxygen atoms in total. The summed E-state index contributed by atoms with van der Waals surface area (Å²) in [4.78, 5) is 24.7. The van der Waals surface area contributed by atoms with E-state index >= 15 is 0 Å². The van der Waals surface area contributed by atoms with Gasteiger partial charge in [0, 0.05) is 12.7 Å². The fourth-order valence-corrected chi connectivity index (χ4v) is 3.18. The van der Waals surface area contributed by atoms with E-state index in [0.717, 1.165) is 4.57 Å². The van der Waals surface area contributed by atoms with Crippen LogP contribution in [0.25, 0.3) is 0 Å². The Labute approximate surface area is 115 Å². The number of nitrogens with one attached hydrogen (secondary N) is 1. The van der Waals surface area contributed by atoms with E-state index < -0.39 is 18.8 Å². The van der Waals surface area contributed by atoms with Crippen molar-refractivity contribution in [3.8, 4) is 0 Å². The van der Waals surface area contributed by atoms with Crippen molar-refractivity contribution in [2.75, 3.05) is 19.4 Å². The van der Waals surface area contributed by atoms with Gasteiger partial charge >= 0.3 is 13.3 Å². The molecule has 0 saturated heterocycles. The van der Waals surface area contributed by atoms with E-state index in [1.165, 1.54) is 6.20 Å². The molecule has 0 aliphatic rings. The SMILES string of the molecule is CCOP(=O)(CCn1cc(Cl)c(=O)[nH]c1=O)OCC. The average molecular weight is 311 g/mol. The van der Waals surface area contributed by atoms with Crippen molar-refractivity contribution in [1.29, 1.82) is 0 Å². The molecule has 0 aromatic carbocycles. The summed E-state index contributed by atoms with van der Waals surface area (Å²) in [5, 5.41) is -0.109. The van der Waals surface area contributed by atoms with Crippen LogP contribution in [0.2, 0.25) is 5.02 Å². The Morgan fingerprint density at radius 1 is 1.32 bits per heavy atom. The van der Waals surface area contributed by atoms with Gasteiger partial charge in [-0.25, -0.2) is 4.79 Å². The number of H-pyrrole nitrogens is 1. The van der Waals surface area contributed by atoms with Gasteiger partial charge in [-0.1, -0.05) is 11.6 Å². The van der Waals surface area contributed by atoms with Gasteiger partial charge < -0.3 is 9.05 Å². The molecular weight excluding hydrogens is 295 g/mol. The highest BCUT2D eigenvalue weighted by Crippen LogP contribution is 2.47. The molecular formula is C10H16ClN2O5P. The van der Waals surface area contributed by atoms with E-state index in [1.54, 1.807) is 13.8 Å². The maximum atomic E-state index is 12.2. The lowest BCUT2D eigenvalue weighted by Gasteiger charge is -2.17. The molecule has 1 aromatic heterocycles. The highest BCUT2D eigenvalue weighted by molar-refractivity contribution is 7.53. The van der Waals surface area contributed by atoms with Crippen LogP contribution in [0.1, 0.15) is 13.8 Å². The normalized spacial score (nSPS) is 11.7. The summed E-state index contributed by atoms with van der Waals surface area (Å²) in [6.45, 7) is 3.98. The Hall–Kier alpha value is -0.880. The van der Waals surface area contributed by atoms with Crippen LogP contribution in [0.4, 0.5) is 0 Å². The molecule has 0 atom stereocenters. The maximum Gasteiger partial charge on any atom is 0.332 e. The first-order valence-corrected chi connectivity index (χ1v) is 7.90. The third-order valence-electron chi connectivity index (χ3n) is 2.23. The van der Waals surface area contributed by atoms with Crippen molar-refractivity contribution in [3.05, 3.63) is 32.1 Å². The topological polar surface area (TPSA) is 90.4 Å². The standard InChI is InChI=1S/C10H16ClN2O5P/c1-3-17-19(16,18-4-2)6-5-13-7-8(11)9(14)12-10(13)15/h7H,3-6H2,1-2H3,(H,12,14,15). The monoisotopic (exact) mass is 310 g/mol. The lowest BCUT2D eigenvalue weighted by atomic mass is 10.6. The van der Waals surface area contributed by atoms with Crippen LogP contribution in [0.15, 0.2) is 15.8 Å². The number of aromatic amines is 1. The number of nitrogens with zero attached hydrogens (tertiary/aromatic N) is 1. The van der Waals surface area contributed by atoms with Gasteiger partial charge in [-0.05, 0) is 13.8 Å². The first kappa shape index (κ1) is 16.2. The quantitative estimate of drug-likeness (QED) is 0.770. The van der Waals surface area contributed by atoms with Gasteiger partial charge in [-0.3, -0.25) is 18.9 Å². The second kappa shape index (κ2) is 7.05. The lowest BCUT2D eigenvalue weighted by Crippen LogP contribution is -2.30. The molecule has 0 amide bonds. The number of halogens is 1. The summed E-state index contributed by atoms with van der Waals surface area (Å²) in [6, 6.07) is 0. The molecule has 108 valence electrons. The first-order valence-electron chi connectivity index (χ1n) is 5.79. The number of aromatic nitrogens is 2. The second-order valence-electron chi connectivity index (χ2n) is 3.60. The zero-order valence-corrected chi connectivity index (χ0v) is 12.4. The Kier molecular flexibility index (Phi) is 6.00. The zero-order chi connectivity index (χ0) is 14.5. The van der Waals surface area contributed by atoms with Gasteiger partial charge in [0.25, 0.3) is 5.56 Å². The van der Waals surface area contributed by atoms with Gasteiger partial charge in [0.15, 0.2) is 0 Å². The van der Waals surface area contributed by atoms with Crippen LogP contribution < -0.4 is 11.2 Å². The maximum absolute atomic E-state index is 12.2. The molecule has 0 unspecified atom stereocenters. The number of hydrogen-bond acceptors (Lipinski definition) is 5. The second-order valence-corrected chi connectivity index (χ2v) is 6.19. The fourth-order valence-electron chi connectivity index (χ4n) is 1.44. The number of hydrogen-bond donors (Lipinski definition) is 1. The first-order chi connectivity index (χ1) is 8.91. The van der Waals surface area contributed by atoms with Gasteiger partial charge in [-0.2, -0.15) is 0 Å². The van der Waals surface area contributed by atoms with E-state index in [0.29, 0.717) is 0 Å². The number of rotatable bonds is 7. The van der Waals surface area contributed by atoms with Crippen LogP contribution in [0.5, 0.6) is 0 Å². The van der Waals surface area contributed by atoms with Crippen LogP contribution in [0, 0.1) is 0 Å². The fraction of sp³-hybridized carbons (Fsp3) is 0.600. The van der Waals surface area contributed by atoms with Crippen molar-refractivity contribution in [3.63, 3.8) is 0 Å². The molecule has 9 heteroatoms. The van der Waals surface area contributed by atoms with Crippen LogP contribution >= 0.6 is 19.2 Å². The molecule has 0 spiro atoms. The van der Waals surface area contributed by atoms with Crippen molar-refractivity contribution < 1.29 is 13.6 Å². The molecule has 0 saturated carbocycles. The molecule has 0 aliphatic carbocycles. The third kappa shape index (κ3) is 4.62. The summed E-state index contributed by atoms with van der Waals surface area (Å²) in [6.07, 6.45) is 1.22. The van der Waals surface area contributed by atoms with E-state index in [4.69, 9.17) is 20.6 Å². The van der Waals surface area contributed by atoms with Crippen LogP contribution in [0.3, 0.4) is 0 Å². The predicted molar refractivity (Wildman–Crippen MR) is 72.1 cm³/mol. The number of aryl methyl sites for hydroxylation is 1. The van der Waals surface area contributed by atoms with E-state index in [2.05, 4.69) is 4.98 Å². The van der Waals surface area contributed by atoms with E-state index in [1.807, 2.05) is 0 Å². The zero-order valence-electron chi connectivity index (χ0n) is 10.7. The Morgan fingerprint density at radius 3 is 2.42 bits per heavy atom. The third-order valence-corrected chi connectivity index (χ3v) is 4.55. The molecule has 0 aliphatic heterocycles.